The third kappa shape index (κ3) is 5.28. The molecule has 144 valence electrons. The van der Waals surface area contributed by atoms with E-state index in [1.807, 2.05) is 0 Å². The van der Waals surface area contributed by atoms with Gasteiger partial charge in [0.1, 0.15) is 5.75 Å². The highest BCUT2D eigenvalue weighted by Crippen LogP contribution is 2.16. The molecule has 0 atom stereocenters. The Hall–Kier alpha value is -2.91. The highest BCUT2D eigenvalue weighted by Gasteiger charge is 2.17. The topological polar surface area (TPSA) is 105 Å². The van der Waals surface area contributed by atoms with Crippen LogP contribution in [0.5, 0.6) is 5.75 Å². The van der Waals surface area contributed by atoms with Gasteiger partial charge in [0.25, 0.3) is 5.91 Å². The maximum absolute atomic E-state index is 12.1. The van der Waals surface area contributed by atoms with Crippen molar-refractivity contribution in [3.05, 3.63) is 54.1 Å². The number of hydrogen-bond donors (Lipinski definition) is 2. The molecule has 2 aromatic rings. The van der Waals surface area contributed by atoms with Gasteiger partial charge in [-0.2, -0.15) is 0 Å². The van der Waals surface area contributed by atoms with Gasteiger partial charge in [-0.05, 0) is 36.4 Å². The van der Waals surface area contributed by atoms with E-state index in [1.165, 1.54) is 45.5 Å². The Kier molecular flexibility index (Phi) is 6.54. The van der Waals surface area contributed by atoms with Crippen molar-refractivity contribution < 1.29 is 22.7 Å². The molecule has 0 heterocycles. The van der Waals surface area contributed by atoms with Gasteiger partial charge in [-0.15, -0.1) is 0 Å². The molecule has 0 spiro atoms. The number of sulfonamides is 1. The number of nitrogens with one attached hydrogen (secondary N) is 2. The van der Waals surface area contributed by atoms with E-state index in [4.69, 9.17) is 4.74 Å². The zero-order valence-corrected chi connectivity index (χ0v) is 16.0. The number of benzene rings is 2. The number of nitrogens with zero attached hydrogens (tertiary/aromatic N) is 1. The van der Waals surface area contributed by atoms with Crippen molar-refractivity contribution in [3.8, 4) is 5.75 Å². The van der Waals surface area contributed by atoms with Gasteiger partial charge >= 0.3 is 0 Å². The van der Waals surface area contributed by atoms with E-state index >= 15 is 0 Å². The second-order valence-electron chi connectivity index (χ2n) is 5.77. The maximum Gasteiger partial charge on any atom is 0.251 e. The summed E-state index contributed by atoms with van der Waals surface area (Å²) >= 11 is 0. The van der Waals surface area contributed by atoms with E-state index in [9.17, 15) is 18.0 Å². The van der Waals surface area contributed by atoms with Crippen LogP contribution in [0.4, 0.5) is 5.69 Å². The monoisotopic (exact) mass is 391 g/mol. The van der Waals surface area contributed by atoms with E-state index < -0.39 is 21.8 Å². The Balaban J connectivity index is 1.94. The largest absolute Gasteiger partial charge is 0.497 e. The van der Waals surface area contributed by atoms with Crippen molar-refractivity contribution in [2.45, 2.75) is 4.90 Å². The lowest BCUT2D eigenvalue weighted by molar-refractivity contribution is -0.115. The molecule has 0 aromatic heterocycles. The standard InChI is InChI=1S/C18H21N3O5S/c1-21(2)27(24,25)16-9-7-13(8-10-16)18(23)19-12-17(22)20-14-5-4-6-15(11-14)26-3/h4-11H,12H2,1-3H3,(H,19,23)(H,20,22). The fourth-order valence-corrected chi connectivity index (χ4v) is 3.06. The summed E-state index contributed by atoms with van der Waals surface area (Å²) in [4.78, 5) is 24.2. The van der Waals surface area contributed by atoms with Crippen LogP contribution in [0.1, 0.15) is 10.4 Å². The molecule has 9 heteroatoms. The van der Waals surface area contributed by atoms with Gasteiger partial charge in [-0.25, -0.2) is 12.7 Å². The summed E-state index contributed by atoms with van der Waals surface area (Å²) in [5.41, 5.74) is 0.800. The Morgan fingerprint density at radius 3 is 2.33 bits per heavy atom. The van der Waals surface area contributed by atoms with E-state index in [0.717, 1.165) is 4.31 Å². The summed E-state index contributed by atoms with van der Waals surface area (Å²) < 4.78 is 30.2. The molecule has 8 nitrogen and oxygen atoms in total. The molecule has 0 bridgehead atoms. The van der Waals surface area contributed by atoms with E-state index in [0.29, 0.717) is 11.4 Å². The van der Waals surface area contributed by atoms with Crippen molar-refractivity contribution in [1.29, 1.82) is 0 Å². The lowest BCUT2D eigenvalue weighted by Gasteiger charge is -2.12. The molecule has 2 amide bonds. The van der Waals surface area contributed by atoms with Crippen LogP contribution in [0.25, 0.3) is 0 Å². The van der Waals surface area contributed by atoms with E-state index in [2.05, 4.69) is 10.6 Å². The third-order valence-electron chi connectivity index (χ3n) is 3.66. The Morgan fingerprint density at radius 2 is 1.74 bits per heavy atom. The Morgan fingerprint density at radius 1 is 1.07 bits per heavy atom. The molecule has 0 aliphatic rings. The van der Waals surface area contributed by atoms with Gasteiger partial charge in [0.15, 0.2) is 0 Å². The predicted molar refractivity (Wildman–Crippen MR) is 101 cm³/mol. The normalized spacial score (nSPS) is 11.1. The molecule has 2 aromatic carbocycles. The number of methoxy groups -OCH3 is 1. The number of ether oxygens (including phenoxy) is 1. The molecular weight excluding hydrogens is 370 g/mol. The highest BCUT2D eigenvalue weighted by atomic mass is 32.2. The fourth-order valence-electron chi connectivity index (χ4n) is 2.16. The minimum Gasteiger partial charge on any atom is -0.497 e. The summed E-state index contributed by atoms with van der Waals surface area (Å²) in [6.45, 7) is -0.228. The number of carbonyl (C=O) groups is 2. The molecule has 0 saturated carbocycles. The van der Waals surface area contributed by atoms with Crippen molar-refractivity contribution in [1.82, 2.24) is 9.62 Å². The summed E-state index contributed by atoms with van der Waals surface area (Å²) in [6.07, 6.45) is 0. The average molecular weight is 391 g/mol. The first-order chi connectivity index (χ1) is 12.7. The Labute approximate surface area is 158 Å². The second kappa shape index (κ2) is 8.65. The van der Waals surface area contributed by atoms with Gasteiger partial charge in [-0.3, -0.25) is 9.59 Å². The molecule has 2 N–H and O–H groups in total. The van der Waals surface area contributed by atoms with Crippen LogP contribution in [0.3, 0.4) is 0 Å². The van der Waals surface area contributed by atoms with Crippen LogP contribution >= 0.6 is 0 Å². The van der Waals surface area contributed by atoms with Crippen molar-refractivity contribution in [2.75, 3.05) is 33.1 Å². The van der Waals surface area contributed by atoms with Crippen LogP contribution in [0, 0.1) is 0 Å². The first-order valence-electron chi connectivity index (χ1n) is 7.98. The molecule has 0 saturated heterocycles. The third-order valence-corrected chi connectivity index (χ3v) is 5.49. The highest BCUT2D eigenvalue weighted by molar-refractivity contribution is 7.89. The summed E-state index contributed by atoms with van der Waals surface area (Å²) in [5, 5.41) is 5.13. The first-order valence-corrected chi connectivity index (χ1v) is 9.42. The zero-order valence-electron chi connectivity index (χ0n) is 15.2. The first kappa shape index (κ1) is 20.4. The van der Waals surface area contributed by atoms with Crippen molar-refractivity contribution in [3.63, 3.8) is 0 Å². The number of amides is 2. The fraction of sp³-hybridized carbons (Fsp3) is 0.222. The van der Waals surface area contributed by atoms with Gasteiger partial charge in [0, 0.05) is 31.4 Å². The maximum atomic E-state index is 12.1. The summed E-state index contributed by atoms with van der Waals surface area (Å²) in [6, 6.07) is 12.3. The second-order valence-corrected chi connectivity index (χ2v) is 7.93. The molecule has 0 aliphatic carbocycles. The molecule has 0 fully saturated rings. The van der Waals surface area contributed by atoms with Crippen LogP contribution in [0.2, 0.25) is 0 Å². The molecule has 2 rings (SSSR count). The van der Waals surface area contributed by atoms with Crippen LogP contribution in [0.15, 0.2) is 53.4 Å². The number of hydrogen-bond acceptors (Lipinski definition) is 5. The molecule has 27 heavy (non-hydrogen) atoms. The lowest BCUT2D eigenvalue weighted by Crippen LogP contribution is -2.32. The van der Waals surface area contributed by atoms with Crippen LogP contribution in [-0.2, 0) is 14.8 Å². The van der Waals surface area contributed by atoms with Crippen molar-refractivity contribution >= 4 is 27.5 Å². The quantitative estimate of drug-likeness (QED) is 0.741. The lowest BCUT2D eigenvalue weighted by atomic mass is 10.2. The van der Waals surface area contributed by atoms with E-state index in [-0.39, 0.29) is 17.0 Å². The summed E-state index contributed by atoms with van der Waals surface area (Å²) in [7, 11) is 0.821. The van der Waals surface area contributed by atoms with E-state index in [1.54, 1.807) is 24.3 Å². The van der Waals surface area contributed by atoms with Crippen LogP contribution in [-0.4, -0.2) is 52.3 Å². The average Bonchev–Trinajstić information content (AvgIpc) is 2.66. The van der Waals surface area contributed by atoms with Crippen molar-refractivity contribution in [2.24, 2.45) is 0 Å². The minimum absolute atomic E-state index is 0.0832. The summed E-state index contributed by atoms with van der Waals surface area (Å²) in [5.74, 6) is -0.280. The number of anilines is 1. The smallest absolute Gasteiger partial charge is 0.251 e. The van der Waals surface area contributed by atoms with Gasteiger partial charge < -0.3 is 15.4 Å². The zero-order chi connectivity index (χ0) is 20.0. The molecule has 0 radical (unpaired) electrons. The van der Waals surface area contributed by atoms with Gasteiger partial charge in [-0.1, -0.05) is 6.07 Å². The number of carbonyl (C=O) groups excluding carboxylic acids is 2. The predicted octanol–water partition coefficient (Wildman–Crippen LogP) is 1.31. The minimum atomic E-state index is -3.56. The number of rotatable bonds is 7. The molecule has 0 aliphatic heterocycles. The molecular formula is C18H21N3O5S. The van der Waals surface area contributed by atoms with Gasteiger partial charge in [0.05, 0.1) is 18.6 Å². The van der Waals surface area contributed by atoms with Crippen LogP contribution < -0.4 is 15.4 Å². The molecule has 0 unspecified atom stereocenters. The Bertz CT molecular complexity index is 924. The van der Waals surface area contributed by atoms with Gasteiger partial charge in [0.2, 0.25) is 15.9 Å². The SMILES string of the molecule is COc1cccc(NC(=O)CNC(=O)c2ccc(S(=O)(=O)N(C)C)cc2)c1.